The van der Waals surface area contributed by atoms with Gasteiger partial charge in [0.25, 0.3) is 0 Å². The van der Waals surface area contributed by atoms with Gasteiger partial charge in [-0.2, -0.15) is 0 Å². The van der Waals surface area contributed by atoms with E-state index in [-0.39, 0.29) is 10.8 Å². The van der Waals surface area contributed by atoms with Gasteiger partial charge in [-0.15, -0.1) is 0 Å². The smallest absolute Gasteiger partial charge is 0.390 e. The van der Waals surface area contributed by atoms with Crippen LogP contribution < -0.4 is 62.2 Å². The number of hydrogen-bond donors (Lipinski definition) is 0. The highest BCUT2D eigenvalue weighted by atomic mass is 28.5. The predicted octanol–water partition coefficient (Wildman–Crippen LogP) is 8.14. The molecule has 0 unspecified atom stereocenters. The van der Waals surface area contributed by atoms with Crippen LogP contribution in [0.5, 0.6) is 0 Å². The molecule has 0 aromatic heterocycles. The molecule has 0 aliphatic carbocycles. The molecule has 1 aliphatic rings. The van der Waals surface area contributed by atoms with Crippen LogP contribution in [-0.2, 0) is 16.5 Å². The summed E-state index contributed by atoms with van der Waals surface area (Å²) in [6.45, 7) is 0. The predicted molar refractivity (Wildman–Crippen MR) is 345 cm³/mol. The fourth-order valence-electron chi connectivity index (χ4n) is 10.7. The summed E-state index contributed by atoms with van der Waals surface area (Å²) in [7, 11) is -24.8. The molecule has 0 spiro atoms. The fraction of sp³-hybridized carbons (Fsp3) is 0. The maximum absolute atomic E-state index is 10.9. The molecular weight excluding hydrogens is 1070 g/mol. The van der Waals surface area contributed by atoms with Gasteiger partial charge in [0.05, 0.1) is 26.0 Å². The van der Waals surface area contributed by atoms with Crippen molar-refractivity contribution in [2.75, 3.05) is 0 Å². The van der Waals surface area contributed by atoms with Crippen LogP contribution in [0.2, 0.25) is 0 Å². The van der Waals surface area contributed by atoms with E-state index in [1.165, 1.54) is 6.07 Å². The van der Waals surface area contributed by atoms with Gasteiger partial charge in [0.2, 0.25) is 0 Å². The first-order valence-electron chi connectivity index (χ1n) is 35.6. The molecule has 12 aromatic rings. The van der Waals surface area contributed by atoms with Crippen molar-refractivity contribution in [3.63, 3.8) is 0 Å². The summed E-state index contributed by atoms with van der Waals surface area (Å²) in [5, 5.41) is 1.01. The molecule has 1 aliphatic heterocycles. The van der Waals surface area contributed by atoms with Crippen molar-refractivity contribution in [2.45, 2.75) is 0 Å². The zero-order valence-corrected chi connectivity index (χ0v) is 48.1. The molecular formula is C72H58O4Si5. The van der Waals surface area contributed by atoms with Gasteiger partial charge in [-0.3, -0.25) is 0 Å². The average molecular weight is 1150 g/mol. The first-order valence-corrected chi connectivity index (χ1v) is 35.3. The molecule has 1 saturated heterocycles. The van der Waals surface area contributed by atoms with Crippen LogP contribution in [0.15, 0.2) is 351 Å². The Balaban J connectivity index is 1.23. The lowest BCUT2D eigenvalue weighted by Crippen LogP contribution is -2.88. The van der Waals surface area contributed by atoms with E-state index >= 15 is 0 Å². The third-order valence-corrected chi connectivity index (χ3v) is 36.3. The van der Waals surface area contributed by atoms with E-state index in [1.807, 2.05) is 212 Å². The van der Waals surface area contributed by atoms with Gasteiger partial charge in [0.15, 0.2) is 8.07 Å². The summed E-state index contributed by atoms with van der Waals surface area (Å²) >= 11 is 0. The standard InChI is InChI=1S/C72H58O4Si5/c1-11-35-61(36-12-1)77(62-37-13-2-14-38-62,63-39-15-3-16-40-63)71-55-31-33-59(57-71)60-34-32-56-72(58-60)81(70-53-29-10-30-54-70)75-79(66-45-21-6-22-46-66,67-47-23-7-24-48-67)73-78(64-41-17-4-18-42-64,65-43-19-5-20-44-65)74-80(76-81,68-49-25-8-26-50-68)69-51-27-9-28-52-69/h1-58H/i1D,2D,3D,11D,12D,13D,14D,15D,16D,31D,33D,35D,36D,37D,38D,39D,40D,55D,57D. The van der Waals surface area contributed by atoms with Gasteiger partial charge in [-0.1, -0.05) is 351 Å². The Bertz CT molecular complexity index is 4690. The normalized spacial score (nSPS) is 18.6. The maximum atomic E-state index is 10.9. The van der Waals surface area contributed by atoms with Gasteiger partial charge in [-0.25, -0.2) is 0 Å². The zero-order valence-electron chi connectivity index (χ0n) is 62.1. The molecule has 0 bridgehead atoms. The summed E-state index contributed by atoms with van der Waals surface area (Å²) in [5.41, 5.74) is -0.566. The minimum Gasteiger partial charge on any atom is -0.402 e. The molecule has 0 radical (unpaired) electrons. The summed E-state index contributed by atoms with van der Waals surface area (Å²) in [6, 6.07) is 53.8. The van der Waals surface area contributed by atoms with Crippen molar-refractivity contribution in [3.8, 4) is 11.1 Å². The molecule has 0 amide bonds. The van der Waals surface area contributed by atoms with Gasteiger partial charge < -0.3 is 16.5 Å². The van der Waals surface area contributed by atoms with E-state index in [4.69, 9.17) is 20.6 Å². The molecule has 13 rings (SSSR count). The molecule has 4 nitrogen and oxygen atoms in total. The lowest BCUT2D eigenvalue weighted by molar-refractivity contribution is 0.268. The Labute approximate surface area is 507 Å². The molecule has 81 heavy (non-hydrogen) atoms. The van der Waals surface area contributed by atoms with Crippen molar-refractivity contribution in [2.24, 2.45) is 0 Å². The molecule has 12 aromatic carbocycles. The van der Waals surface area contributed by atoms with Crippen molar-refractivity contribution in [1.82, 2.24) is 0 Å². The highest BCUT2D eigenvalue weighted by molar-refractivity contribution is 7.20. The van der Waals surface area contributed by atoms with Gasteiger partial charge in [0, 0.05) is 0 Å². The van der Waals surface area contributed by atoms with Gasteiger partial charge in [0.1, 0.15) is 0 Å². The van der Waals surface area contributed by atoms with Crippen molar-refractivity contribution < 1.29 is 42.5 Å². The fourth-order valence-corrected chi connectivity index (χ4v) is 36.9. The Kier molecular flexibility index (Phi) is 9.67. The SMILES string of the molecule is [2H]c1c([2H])c([2H])c([Si](c2c([2H])c([2H])c([2H])c([2H])c2[2H])(c2c([2H])c([2H])c([2H])c([2H])c2[2H])c2c([2H])c([2H])c([2H])c(-c3cccc([Si]4(c5ccccc5)O[Si](c5ccccc5)(c5ccccc5)O[Si](c5ccccc5)(c5ccccc5)O[Si](c5ccccc5)(c5ccccc5)O4)c3)c2[2H])c([2H])c1[2H]. The van der Waals surface area contributed by atoms with Gasteiger partial charge in [-0.05, 0) is 73.4 Å². The molecule has 9 heteroatoms. The number of benzene rings is 12. The maximum Gasteiger partial charge on any atom is 0.390 e. The monoisotopic (exact) mass is 1150 g/mol. The second-order valence-electron chi connectivity index (χ2n) is 19.0. The highest BCUT2D eigenvalue weighted by Crippen LogP contribution is 2.33. The van der Waals surface area contributed by atoms with Crippen molar-refractivity contribution >= 4 is 105 Å². The van der Waals surface area contributed by atoms with E-state index in [0.29, 0.717) is 25.9 Å². The number of rotatable bonds is 13. The first-order chi connectivity index (χ1) is 47.9. The Morgan fingerprint density at radius 1 is 0.235 bits per heavy atom. The van der Waals surface area contributed by atoms with E-state index in [9.17, 15) is 21.9 Å². The van der Waals surface area contributed by atoms with Crippen molar-refractivity contribution in [3.05, 3.63) is 351 Å². The third kappa shape index (κ3) is 9.44. The second-order valence-corrected chi connectivity index (χ2v) is 35.3. The first kappa shape index (κ1) is 34.6. The quantitative estimate of drug-likeness (QED) is 0.0865. The van der Waals surface area contributed by atoms with Crippen LogP contribution in [0, 0.1) is 0 Å². The minimum absolute atomic E-state index is 0.0668. The molecule has 390 valence electrons. The van der Waals surface area contributed by atoms with Gasteiger partial charge >= 0.3 is 34.2 Å². The summed E-state index contributed by atoms with van der Waals surface area (Å²) < 4.78 is 216. The van der Waals surface area contributed by atoms with Crippen LogP contribution >= 0.6 is 0 Å². The summed E-state index contributed by atoms with van der Waals surface area (Å²) in [6.07, 6.45) is 0. The zero-order chi connectivity index (χ0) is 71.0. The minimum atomic E-state index is -6.25. The Morgan fingerprint density at radius 3 is 0.790 bits per heavy atom. The molecule has 1 fully saturated rings. The van der Waals surface area contributed by atoms with E-state index in [2.05, 4.69) is 0 Å². The highest BCUT2D eigenvalue weighted by Gasteiger charge is 2.68. The topological polar surface area (TPSA) is 36.9 Å². The third-order valence-electron chi connectivity index (χ3n) is 14.4. The number of hydrogen-bond acceptors (Lipinski definition) is 4. The van der Waals surface area contributed by atoms with Crippen LogP contribution in [0.1, 0.15) is 26.0 Å². The van der Waals surface area contributed by atoms with Crippen molar-refractivity contribution in [1.29, 1.82) is 0 Å². The van der Waals surface area contributed by atoms with Crippen LogP contribution in [0.4, 0.5) is 0 Å². The van der Waals surface area contributed by atoms with E-state index in [0.717, 1.165) is 10.4 Å². The Hall–Kier alpha value is -8.44. The summed E-state index contributed by atoms with van der Waals surface area (Å²) in [5.74, 6) is 0. The largest absolute Gasteiger partial charge is 0.402 e. The Morgan fingerprint density at radius 2 is 0.494 bits per heavy atom. The van der Waals surface area contributed by atoms with E-state index in [1.54, 1.807) is 18.2 Å². The van der Waals surface area contributed by atoms with E-state index < -0.39 is 183 Å². The summed E-state index contributed by atoms with van der Waals surface area (Å²) in [4.78, 5) is 0. The molecule has 0 N–H and O–H groups in total. The van der Waals surface area contributed by atoms with Crippen LogP contribution in [0.3, 0.4) is 0 Å². The van der Waals surface area contributed by atoms with Crippen LogP contribution in [-0.4, -0.2) is 42.3 Å². The second kappa shape index (κ2) is 22.6. The molecule has 1 heterocycles. The lowest BCUT2D eigenvalue weighted by Gasteiger charge is -2.53. The lowest BCUT2D eigenvalue weighted by atomic mass is 10.1. The molecule has 0 atom stereocenters. The molecule has 0 saturated carbocycles. The average Bonchev–Trinajstić information content (AvgIpc) is 0.684. The van der Waals surface area contributed by atoms with Crippen LogP contribution in [0.25, 0.3) is 11.1 Å².